The van der Waals surface area contributed by atoms with Crippen molar-refractivity contribution in [1.29, 1.82) is 0 Å². The van der Waals surface area contributed by atoms with Crippen molar-refractivity contribution in [3.8, 4) is 22.7 Å². The third-order valence-electron chi connectivity index (χ3n) is 3.42. The first-order chi connectivity index (χ1) is 11.7. The molecule has 1 N–H and O–H groups in total. The predicted molar refractivity (Wildman–Crippen MR) is 95.0 cm³/mol. The average Bonchev–Trinajstić information content (AvgIpc) is 3.04. The van der Waals surface area contributed by atoms with Crippen LogP contribution in [0.5, 0.6) is 5.75 Å². The molecule has 0 atom stereocenters. The van der Waals surface area contributed by atoms with Gasteiger partial charge in [0.2, 0.25) is 10.7 Å². The number of carbonyl (C=O) groups excluding carboxylic acids is 1. The molecule has 3 rings (SSSR count). The zero-order valence-electron chi connectivity index (χ0n) is 13.8. The van der Waals surface area contributed by atoms with E-state index >= 15 is 0 Å². The van der Waals surface area contributed by atoms with Crippen molar-refractivity contribution < 1.29 is 26.5 Å². The molecular weight excluding hydrogens is 402 g/mol. The Morgan fingerprint density at radius 1 is 1.12 bits per heavy atom. The van der Waals surface area contributed by atoms with Crippen LogP contribution in [-0.2, 0) is 4.79 Å². The highest BCUT2D eigenvalue weighted by Crippen LogP contribution is 2.25. The summed E-state index contributed by atoms with van der Waals surface area (Å²) in [4.78, 5) is 11.9. The van der Waals surface area contributed by atoms with Crippen LogP contribution in [0.15, 0.2) is 65.1 Å². The monoisotopic (exact) mass is 418 g/mol. The van der Waals surface area contributed by atoms with Crippen LogP contribution >= 0.6 is 11.3 Å². The van der Waals surface area contributed by atoms with E-state index in [9.17, 15) is 4.79 Å². The second kappa shape index (κ2) is 8.64. The zero-order chi connectivity index (χ0) is 16.9. The molecule has 7 heteroatoms. The minimum atomic E-state index is -0.200. The molecule has 1 heterocycles. The first-order valence-electron chi connectivity index (χ1n) is 7.40. The highest BCUT2D eigenvalue weighted by molar-refractivity contribution is 7.07. The topological polar surface area (TPSA) is 55.6 Å². The number of rotatable bonds is 4. The number of hydrogen-bond donors (Lipinski definition) is 1. The van der Waals surface area contributed by atoms with E-state index in [4.69, 9.17) is 4.74 Å². The number of nitrogens with zero attached hydrogens (tertiary/aromatic N) is 2. The van der Waals surface area contributed by atoms with E-state index in [1.54, 1.807) is 7.11 Å². The van der Waals surface area contributed by atoms with Gasteiger partial charge in [0.1, 0.15) is 5.75 Å². The maximum Gasteiger partial charge on any atom is 0.237 e. The van der Waals surface area contributed by atoms with Gasteiger partial charge in [-0.3, -0.25) is 9.36 Å². The number of carbonyl (C=O) groups is 1. The number of hydrogen-bond acceptors (Lipinski definition) is 4. The maximum absolute atomic E-state index is 11.2. The number of thiazole rings is 1. The molecule has 0 unspecified atom stereocenters. The molecule has 0 aliphatic rings. The molecule has 5 nitrogen and oxygen atoms in total. The third-order valence-corrected chi connectivity index (χ3v) is 4.24. The summed E-state index contributed by atoms with van der Waals surface area (Å²) in [5.74, 6) is 0.609. The largest absolute Gasteiger partial charge is 1.00 e. The van der Waals surface area contributed by atoms with Crippen molar-refractivity contribution in [3.05, 3.63) is 64.8 Å². The lowest BCUT2D eigenvalue weighted by Crippen LogP contribution is -3.00. The first kappa shape index (κ1) is 19.0. The molecule has 0 bridgehead atoms. The van der Waals surface area contributed by atoms with Gasteiger partial charge in [-0.05, 0) is 42.0 Å². The van der Waals surface area contributed by atoms with Crippen molar-refractivity contribution in [2.24, 2.45) is 5.10 Å². The number of benzene rings is 2. The van der Waals surface area contributed by atoms with E-state index in [-0.39, 0.29) is 22.9 Å². The Bertz CT molecular complexity index is 902. The number of amides is 1. The summed E-state index contributed by atoms with van der Waals surface area (Å²) in [6.07, 6.45) is 0. The van der Waals surface area contributed by atoms with Crippen molar-refractivity contribution >= 4 is 17.2 Å². The average molecular weight is 419 g/mol. The van der Waals surface area contributed by atoms with E-state index in [0.29, 0.717) is 4.80 Å². The van der Waals surface area contributed by atoms with Gasteiger partial charge in [0.05, 0.1) is 12.8 Å². The van der Waals surface area contributed by atoms with E-state index in [0.717, 1.165) is 22.7 Å². The van der Waals surface area contributed by atoms with Crippen molar-refractivity contribution in [1.82, 2.24) is 9.99 Å². The first-order valence-corrected chi connectivity index (χ1v) is 8.27. The van der Waals surface area contributed by atoms with E-state index in [1.165, 1.54) is 18.3 Å². The Kier molecular flexibility index (Phi) is 6.55. The molecule has 0 fully saturated rings. The summed E-state index contributed by atoms with van der Waals surface area (Å²) in [5, 5.41) is 6.24. The summed E-state index contributed by atoms with van der Waals surface area (Å²) >= 11 is 1.47. The van der Waals surface area contributed by atoms with Crippen molar-refractivity contribution in [3.63, 3.8) is 0 Å². The number of aromatic nitrogens is 1. The molecule has 130 valence electrons. The van der Waals surface area contributed by atoms with Crippen molar-refractivity contribution in [2.45, 2.75) is 6.92 Å². The van der Waals surface area contributed by atoms with Crippen LogP contribution in [0.4, 0.5) is 0 Å². The molecule has 1 amide bonds. The second-order valence-corrected chi connectivity index (χ2v) is 5.92. The minimum Gasteiger partial charge on any atom is -1.00 e. The van der Waals surface area contributed by atoms with Gasteiger partial charge >= 0.3 is 0 Å². The van der Waals surface area contributed by atoms with Crippen LogP contribution in [0.3, 0.4) is 0 Å². The van der Waals surface area contributed by atoms with E-state index in [1.807, 2.05) is 64.5 Å². The van der Waals surface area contributed by atoms with Gasteiger partial charge < -0.3 is 21.7 Å². The van der Waals surface area contributed by atoms with Crippen LogP contribution in [0, 0.1) is 0 Å². The zero-order valence-corrected chi connectivity index (χ0v) is 16.2. The van der Waals surface area contributed by atoms with Gasteiger partial charge in [-0.15, -0.1) is 16.4 Å². The van der Waals surface area contributed by atoms with Gasteiger partial charge in [0.15, 0.2) is 0 Å². The highest BCUT2D eigenvalue weighted by atomic mass is 79.9. The lowest BCUT2D eigenvalue weighted by atomic mass is 10.1. The Balaban J connectivity index is 0.00000225. The Morgan fingerprint density at radius 2 is 1.80 bits per heavy atom. The van der Waals surface area contributed by atoms with Gasteiger partial charge in [-0.2, -0.15) is 0 Å². The normalized spacial score (nSPS) is 10.9. The molecule has 0 saturated heterocycles. The number of methoxy groups -OCH3 is 1. The van der Waals surface area contributed by atoms with Crippen LogP contribution in [0.1, 0.15) is 6.92 Å². The SMILES string of the molecule is COc1ccc(-c2cs/c(=N/NC(C)=O)n2-c2ccccc2)cc1.[Br-]. The second-order valence-electron chi connectivity index (χ2n) is 5.08. The van der Waals surface area contributed by atoms with Crippen molar-refractivity contribution in [2.75, 3.05) is 7.11 Å². The van der Waals surface area contributed by atoms with E-state index < -0.39 is 0 Å². The third kappa shape index (κ3) is 4.37. The predicted octanol–water partition coefficient (Wildman–Crippen LogP) is 0.170. The van der Waals surface area contributed by atoms with Gasteiger partial charge in [0, 0.05) is 18.0 Å². The summed E-state index contributed by atoms with van der Waals surface area (Å²) in [7, 11) is 1.65. The number of halogens is 1. The van der Waals surface area contributed by atoms with Crippen LogP contribution in [0.2, 0.25) is 0 Å². The summed E-state index contributed by atoms with van der Waals surface area (Å²) in [6, 6.07) is 17.8. The fraction of sp³-hybridized carbons (Fsp3) is 0.111. The molecule has 3 aromatic rings. The number of nitrogens with one attached hydrogen (secondary N) is 1. The fourth-order valence-electron chi connectivity index (χ4n) is 2.31. The standard InChI is InChI=1S/C18H17N3O2S.BrH/c1-13(22)19-20-18-21(15-6-4-3-5-7-15)17(12-24-18)14-8-10-16(23-2)11-9-14;/h3-12H,1-2H3,(H,19,22);1H/p-1/b20-18+;. The summed E-state index contributed by atoms with van der Waals surface area (Å²) in [6.45, 7) is 1.44. The molecule has 0 spiro atoms. The molecule has 0 aliphatic heterocycles. The smallest absolute Gasteiger partial charge is 0.237 e. The van der Waals surface area contributed by atoms with Crippen LogP contribution in [-0.4, -0.2) is 17.6 Å². The molecule has 2 aromatic carbocycles. The maximum atomic E-state index is 11.2. The number of ether oxygens (including phenoxy) is 1. The van der Waals surface area contributed by atoms with Gasteiger partial charge in [-0.1, -0.05) is 18.2 Å². The molecule has 0 aliphatic carbocycles. The molecular formula is C18H17BrN3O2S-. The fourth-order valence-corrected chi connectivity index (χ4v) is 3.17. The van der Waals surface area contributed by atoms with Crippen LogP contribution < -0.4 is 31.9 Å². The van der Waals surface area contributed by atoms with Gasteiger partial charge in [0.25, 0.3) is 0 Å². The molecule has 0 radical (unpaired) electrons. The molecule has 25 heavy (non-hydrogen) atoms. The Hall–Kier alpha value is -2.38. The Morgan fingerprint density at radius 3 is 2.40 bits per heavy atom. The lowest BCUT2D eigenvalue weighted by Gasteiger charge is -2.09. The summed E-state index contributed by atoms with van der Waals surface area (Å²) in [5.41, 5.74) is 5.53. The molecule has 0 saturated carbocycles. The number of para-hydroxylation sites is 1. The minimum absolute atomic E-state index is 0. The Labute approximate surface area is 160 Å². The highest BCUT2D eigenvalue weighted by Gasteiger charge is 2.10. The quantitative estimate of drug-likeness (QED) is 0.614. The summed E-state index contributed by atoms with van der Waals surface area (Å²) < 4.78 is 7.24. The van der Waals surface area contributed by atoms with Gasteiger partial charge in [-0.25, -0.2) is 5.43 Å². The lowest BCUT2D eigenvalue weighted by molar-refractivity contribution is -0.119. The van der Waals surface area contributed by atoms with Crippen LogP contribution in [0.25, 0.3) is 16.9 Å². The molecule has 1 aromatic heterocycles. The van der Waals surface area contributed by atoms with E-state index in [2.05, 4.69) is 10.5 Å².